The molecule has 1 aromatic rings. The van der Waals surface area contributed by atoms with Crippen molar-refractivity contribution >= 4 is 17.1 Å². The molecule has 0 saturated carbocycles. The molecule has 1 aliphatic rings. The van der Waals surface area contributed by atoms with E-state index in [1.165, 1.54) is 42.7 Å². The van der Waals surface area contributed by atoms with E-state index in [2.05, 4.69) is 36.2 Å². The molecule has 1 heterocycles. The van der Waals surface area contributed by atoms with Crippen molar-refractivity contribution in [3.8, 4) is 5.75 Å². The monoisotopic (exact) mass is 268 g/mol. The highest BCUT2D eigenvalue weighted by Crippen LogP contribution is 2.52. The van der Waals surface area contributed by atoms with E-state index >= 15 is 0 Å². The number of fused-ring (bicyclic) bond motifs is 1. The Morgan fingerprint density at radius 2 is 1.68 bits per heavy atom. The highest BCUT2D eigenvalue weighted by Gasteiger charge is 2.27. The third-order valence-corrected chi connectivity index (χ3v) is 3.46. The lowest BCUT2D eigenvalue weighted by molar-refractivity contribution is 0.418. The Labute approximate surface area is 115 Å². The van der Waals surface area contributed by atoms with Crippen LogP contribution in [0.15, 0.2) is 12.1 Å². The van der Waals surface area contributed by atoms with Gasteiger partial charge in [0.25, 0.3) is 0 Å². The quantitative estimate of drug-likeness (QED) is 0.724. The van der Waals surface area contributed by atoms with Crippen LogP contribution in [-0.4, -0.2) is 20.2 Å². The number of anilines is 3. The lowest BCUT2D eigenvalue weighted by Crippen LogP contribution is -2.25. The SMILES string of the molecule is CCCCN(CCCC)c1ccc(OC)c2c1N2.F. The molecule has 0 bridgehead atoms. The highest BCUT2D eigenvalue weighted by atomic mass is 19.0. The van der Waals surface area contributed by atoms with E-state index in [0.717, 1.165) is 18.8 Å². The molecule has 0 saturated heterocycles. The standard InChI is InChI=1S/C15H24N2O.FH/c1-4-6-10-17(11-7-5-2)12-8-9-13(18-3)15-14(12)16-15;/h8-9,16H,4-7,10-11H2,1-3H3;1H. The lowest BCUT2D eigenvalue weighted by Gasteiger charge is -2.24. The molecular formula is C15H25FN2O. The first-order valence-electron chi connectivity index (χ1n) is 7.04. The number of unbranched alkanes of at least 4 members (excludes halogenated alkanes) is 2. The number of hydrogen-bond acceptors (Lipinski definition) is 3. The molecule has 19 heavy (non-hydrogen) atoms. The number of benzene rings is 1. The molecule has 3 nitrogen and oxygen atoms in total. The molecule has 0 aliphatic carbocycles. The van der Waals surface area contributed by atoms with E-state index in [-0.39, 0.29) is 4.70 Å². The first-order valence-corrected chi connectivity index (χ1v) is 7.04. The maximum Gasteiger partial charge on any atom is 0.144 e. The minimum atomic E-state index is 0. The second-order valence-electron chi connectivity index (χ2n) is 4.86. The van der Waals surface area contributed by atoms with Crippen molar-refractivity contribution in [2.45, 2.75) is 39.5 Å². The number of ether oxygens (including phenoxy) is 1. The van der Waals surface area contributed by atoms with E-state index in [1.54, 1.807) is 7.11 Å². The van der Waals surface area contributed by atoms with Crippen molar-refractivity contribution in [3.63, 3.8) is 0 Å². The van der Waals surface area contributed by atoms with Crippen molar-refractivity contribution in [3.05, 3.63) is 12.1 Å². The van der Waals surface area contributed by atoms with Crippen LogP contribution in [0, 0.1) is 0 Å². The van der Waals surface area contributed by atoms with Crippen LogP contribution in [0.5, 0.6) is 5.75 Å². The van der Waals surface area contributed by atoms with Gasteiger partial charge in [0.1, 0.15) is 11.4 Å². The molecule has 0 spiro atoms. The van der Waals surface area contributed by atoms with Gasteiger partial charge in [0.15, 0.2) is 0 Å². The van der Waals surface area contributed by atoms with Gasteiger partial charge in [0.2, 0.25) is 0 Å². The summed E-state index contributed by atoms with van der Waals surface area (Å²) < 4.78 is 5.31. The smallest absolute Gasteiger partial charge is 0.144 e. The Bertz CT molecular complexity index is 401. The molecule has 0 atom stereocenters. The predicted molar refractivity (Wildman–Crippen MR) is 80.8 cm³/mol. The molecule has 1 aromatic carbocycles. The molecular weight excluding hydrogens is 243 g/mol. The van der Waals surface area contributed by atoms with Gasteiger partial charge in [-0.05, 0) is 25.0 Å². The Morgan fingerprint density at radius 3 is 2.21 bits per heavy atom. The zero-order valence-corrected chi connectivity index (χ0v) is 12.2. The summed E-state index contributed by atoms with van der Waals surface area (Å²) in [5, 5.41) is 3.35. The number of hydrogen-bond donors (Lipinski definition) is 1. The van der Waals surface area contributed by atoms with Gasteiger partial charge in [-0.25, -0.2) is 0 Å². The summed E-state index contributed by atoms with van der Waals surface area (Å²) in [5.41, 5.74) is 3.78. The third kappa shape index (κ3) is 3.52. The number of halogens is 1. The fraction of sp³-hybridized carbons (Fsp3) is 0.600. The van der Waals surface area contributed by atoms with Crippen LogP contribution in [0.4, 0.5) is 21.8 Å². The van der Waals surface area contributed by atoms with E-state index in [1.807, 2.05) is 0 Å². The van der Waals surface area contributed by atoms with Gasteiger partial charge < -0.3 is 15.0 Å². The summed E-state index contributed by atoms with van der Waals surface area (Å²) in [4.78, 5) is 2.51. The summed E-state index contributed by atoms with van der Waals surface area (Å²) in [5.74, 6) is 0.958. The molecule has 1 N–H and O–H groups in total. The van der Waals surface area contributed by atoms with Crippen LogP contribution < -0.4 is 15.0 Å². The van der Waals surface area contributed by atoms with Crippen LogP contribution in [0.1, 0.15) is 39.5 Å². The summed E-state index contributed by atoms with van der Waals surface area (Å²) >= 11 is 0. The summed E-state index contributed by atoms with van der Waals surface area (Å²) in [6, 6.07) is 4.25. The zero-order chi connectivity index (χ0) is 13.0. The van der Waals surface area contributed by atoms with Crippen molar-refractivity contribution in [2.75, 3.05) is 30.4 Å². The molecule has 0 unspecified atom stereocenters. The van der Waals surface area contributed by atoms with Crippen LogP contribution in [0.3, 0.4) is 0 Å². The first-order chi connectivity index (χ1) is 8.81. The number of rotatable bonds is 8. The van der Waals surface area contributed by atoms with Crippen molar-refractivity contribution < 1.29 is 9.44 Å². The minimum Gasteiger partial charge on any atom is -0.494 e. The van der Waals surface area contributed by atoms with Crippen LogP contribution in [0.25, 0.3) is 0 Å². The lowest BCUT2D eigenvalue weighted by atomic mass is 10.2. The van der Waals surface area contributed by atoms with Crippen LogP contribution in [0.2, 0.25) is 0 Å². The summed E-state index contributed by atoms with van der Waals surface area (Å²) in [6.45, 7) is 6.79. The van der Waals surface area contributed by atoms with Crippen molar-refractivity contribution in [1.29, 1.82) is 0 Å². The van der Waals surface area contributed by atoms with Gasteiger partial charge in [-0.1, -0.05) is 26.7 Å². The fourth-order valence-corrected chi connectivity index (χ4v) is 2.28. The molecule has 108 valence electrons. The molecule has 4 heteroatoms. The van der Waals surface area contributed by atoms with Gasteiger partial charge in [-0.3, -0.25) is 4.70 Å². The van der Waals surface area contributed by atoms with Crippen molar-refractivity contribution in [2.24, 2.45) is 0 Å². The largest absolute Gasteiger partial charge is 0.494 e. The molecule has 1 aliphatic heterocycles. The average molecular weight is 268 g/mol. The van der Waals surface area contributed by atoms with E-state index in [4.69, 9.17) is 4.74 Å². The second-order valence-corrected chi connectivity index (χ2v) is 4.86. The number of nitrogens with zero attached hydrogens (tertiary/aromatic N) is 1. The topological polar surface area (TPSA) is 34.4 Å². The van der Waals surface area contributed by atoms with Gasteiger partial charge in [0, 0.05) is 13.1 Å². The van der Waals surface area contributed by atoms with Gasteiger partial charge in [-0.2, -0.15) is 0 Å². The average Bonchev–Trinajstić information content (AvgIpc) is 3.18. The highest BCUT2D eigenvalue weighted by molar-refractivity contribution is 6.03. The molecule has 2 rings (SSSR count). The minimum absolute atomic E-state index is 0. The Hall–Kier alpha value is -1.45. The van der Waals surface area contributed by atoms with Crippen LogP contribution >= 0.6 is 0 Å². The molecule has 0 fully saturated rings. The van der Waals surface area contributed by atoms with Gasteiger partial charge >= 0.3 is 0 Å². The Balaban J connectivity index is 0.00000180. The van der Waals surface area contributed by atoms with E-state index in [9.17, 15) is 0 Å². The number of methoxy groups -OCH3 is 1. The summed E-state index contributed by atoms with van der Waals surface area (Å²) in [7, 11) is 1.72. The molecule has 0 aromatic heterocycles. The first kappa shape index (κ1) is 15.6. The zero-order valence-electron chi connectivity index (χ0n) is 12.2. The van der Waals surface area contributed by atoms with Gasteiger partial charge in [0.05, 0.1) is 18.5 Å². The Morgan fingerprint density at radius 1 is 1.05 bits per heavy atom. The summed E-state index contributed by atoms with van der Waals surface area (Å²) in [6.07, 6.45) is 5.00. The third-order valence-electron chi connectivity index (χ3n) is 3.46. The predicted octanol–water partition coefficient (Wildman–Crippen LogP) is 4.31. The van der Waals surface area contributed by atoms with Crippen LogP contribution in [-0.2, 0) is 0 Å². The maximum absolute atomic E-state index is 5.31. The Kier molecular flexibility index (Phi) is 5.93. The molecule has 0 radical (unpaired) electrons. The van der Waals surface area contributed by atoms with Gasteiger partial charge in [-0.15, -0.1) is 0 Å². The van der Waals surface area contributed by atoms with E-state index in [0.29, 0.717) is 0 Å². The molecule has 0 amide bonds. The second kappa shape index (κ2) is 7.22. The number of nitrogens with one attached hydrogen (secondary N) is 1. The fourth-order valence-electron chi connectivity index (χ4n) is 2.28. The van der Waals surface area contributed by atoms with Crippen molar-refractivity contribution in [1.82, 2.24) is 0 Å². The van der Waals surface area contributed by atoms with E-state index < -0.39 is 0 Å². The normalized spacial score (nSPS) is 11.1. The maximum atomic E-state index is 5.31.